The molecule has 2 aromatic rings. The summed E-state index contributed by atoms with van der Waals surface area (Å²) >= 11 is 0.719. The minimum absolute atomic E-state index is 0.0268. The fraction of sp³-hybridized carbons (Fsp3) is 0.389. The Hall–Kier alpha value is -2.86. The molecule has 12 heteroatoms. The van der Waals surface area contributed by atoms with Crippen molar-refractivity contribution in [3.8, 4) is 5.88 Å². The third-order valence-corrected chi connectivity index (χ3v) is 4.70. The molecule has 0 saturated carbocycles. The van der Waals surface area contributed by atoms with Crippen LogP contribution >= 0.6 is 11.5 Å². The lowest BCUT2D eigenvalue weighted by molar-refractivity contribution is 0.0596. The molecular weight excluding hydrogens is 425 g/mol. The van der Waals surface area contributed by atoms with Crippen LogP contribution in [-0.4, -0.2) is 43.6 Å². The second-order valence-corrected chi connectivity index (χ2v) is 6.87. The molecule has 0 aliphatic heterocycles. The Bertz CT molecular complexity index is 923. The van der Waals surface area contributed by atoms with Crippen molar-refractivity contribution in [2.45, 2.75) is 20.0 Å². The number of hydrogen-bond donors (Lipinski definition) is 3. The Balaban J connectivity index is 2.17. The van der Waals surface area contributed by atoms with Crippen molar-refractivity contribution in [2.24, 2.45) is 0 Å². The number of halogens is 3. The second kappa shape index (κ2) is 10.8. The fourth-order valence-corrected chi connectivity index (χ4v) is 3.10. The van der Waals surface area contributed by atoms with Crippen molar-refractivity contribution in [1.29, 1.82) is 0 Å². The van der Waals surface area contributed by atoms with Crippen molar-refractivity contribution in [1.82, 2.24) is 15.0 Å². The summed E-state index contributed by atoms with van der Waals surface area (Å²) in [7, 11) is 2.89. The van der Waals surface area contributed by atoms with Gasteiger partial charge in [0, 0.05) is 6.54 Å². The summed E-state index contributed by atoms with van der Waals surface area (Å²) in [6.07, 6.45) is 0.690. The van der Waals surface area contributed by atoms with E-state index in [-0.39, 0.29) is 22.0 Å². The maximum Gasteiger partial charge on any atom is 0.346 e. The maximum atomic E-state index is 14.0. The molecule has 0 saturated heterocycles. The van der Waals surface area contributed by atoms with Gasteiger partial charge in [-0.25, -0.2) is 22.8 Å². The largest absolute Gasteiger partial charge is 0.471 e. The SMILES string of the molecule is CNCCCNC(=O)Nc1snc(OCc2c(F)cc(C)c(F)c2F)c1C(=O)OC. The van der Waals surface area contributed by atoms with E-state index in [1.54, 1.807) is 7.05 Å². The second-order valence-electron chi connectivity index (χ2n) is 6.09. The van der Waals surface area contributed by atoms with Crippen LogP contribution in [0.25, 0.3) is 0 Å². The number of hydrogen-bond acceptors (Lipinski definition) is 7. The Morgan fingerprint density at radius 1 is 1.20 bits per heavy atom. The van der Waals surface area contributed by atoms with Gasteiger partial charge in [0.25, 0.3) is 0 Å². The highest BCUT2D eigenvalue weighted by Crippen LogP contribution is 2.32. The van der Waals surface area contributed by atoms with Gasteiger partial charge >= 0.3 is 12.0 Å². The van der Waals surface area contributed by atoms with Crippen LogP contribution in [-0.2, 0) is 11.3 Å². The first-order valence-corrected chi connectivity index (χ1v) is 9.60. The van der Waals surface area contributed by atoms with Gasteiger partial charge in [0.05, 0.1) is 12.7 Å². The summed E-state index contributed by atoms with van der Waals surface area (Å²) in [5.74, 6) is -4.77. The number of urea groups is 1. The molecule has 3 N–H and O–H groups in total. The van der Waals surface area contributed by atoms with Gasteiger partial charge in [0.2, 0.25) is 5.88 Å². The van der Waals surface area contributed by atoms with Crippen LogP contribution in [0.5, 0.6) is 5.88 Å². The molecule has 0 atom stereocenters. The topological polar surface area (TPSA) is 102 Å². The van der Waals surface area contributed by atoms with Gasteiger partial charge in [-0.05, 0) is 50.1 Å². The number of carbonyl (C=O) groups excluding carboxylic acids is 2. The fourth-order valence-electron chi connectivity index (χ4n) is 2.38. The van der Waals surface area contributed by atoms with Crippen LogP contribution in [0.1, 0.15) is 27.9 Å². The standard InChI is InChI=1S/C18H21F3N4O4S/c1-9-7-11(19)10(14(21)13(9)20)8-29-15-12(17(26)28-3)16(30-25-15)24-18(27)23-6-4-5-22-2/h7,22H,4-6,8H2,1-3H3,(H2,23,24,27). The number of aromatic nitrogens is 1. The zero-order valence-electron chi connectivity index (χ0n) is 16.5. The minimum atomic E-state index is -1.39. The number of nitrogens with zero attached hydrogens (tertiary/aromatic N) is 1. The van der Waals surface area contributed by atoms with E-state index in [0.717, 1.165) is 24.7 Å². The van der Waals surface area contributed by atoms with Gasteiger partial charge in [-0.15, -0.1) is 0 Å². The Morgan fingerprint density at radius 2 is 1.93 bits per heavy atom. The molecule has 0 unspecified atom stereocenters. The van der Waals surface area contributed by atoms with Crippen molar-refractivity contribution in [3.05, 3.63) is 40.2 Å². The number of amides is 2. The van der Waals surface area contributed by atoms with Crippen LogP contribution in [0.3, 0.4) is 0 Å². The lowest BCUT2D eigenvalue weighted by Crippen LogP contribution is -2.31. The highest BCUT2D eigenvalue weighted by atomic mass is 32.1. The number of esters is 1. The molecular formula is C18H21F3N4O4S. The molecule has 1 aromatic heterocycles. The quantitative estimate of drug-likeness (QED) is 0.311. The van der Waals surface area contributed by atoms with Crippen LogP contribution in [0, 0.1) is 24.4 Å². The lowest BCUT2D eigenvalue weighted by atomic mass is 10.1. The van der Waals surface area contributed by atoms with E-state index in [4.69, 9.17) is 4.74 Å². The third-order valence-electron chi connectivity index (χ3n) is 3.96. The highest BCUT2D eigenvalue weighted by molar-refractivity contribution is 7.11. The zero-order chi connectivity index (χ0) is 22.3. The molecule has 1 heterocycles. The number of benzene rings is 1. The van der Waals surface area contributed by atoms with Crippen molar-refractivity contribution in [2.75, 3.05) is 32.6 Å². The van der Waals surface area contributed by atoms with Crippen molar-refractivity contribution >= 4 is 28.5 Å². The summed E-state index contributed by atoms with van der Waals surface area (Å²) in [5, 5.41) is 8.02. The molecule has 164 valence electrons. The molecule has 1 aromatic carbocycles. The number of nitrogens with one attached hydrogen (secondary N) is 3. The molecule has 30 heavy (non-hydrogen) atoms. The highest BCUT2D eigenvalue weighted by Gasteiger charge is 2.26. The Kier molecular flexibility index (Phi) is 8.42. The lowest BCUT2D eigenvalue weighted by Gasteiger charge is -2.10. The number of ether oxygens (including phenoxy) is 2. The number of anilines is 1. The molecule has 0 radical (unpaired) electrons. The predicted molar refractivity (Wildman–Crippen MR) is 104 cm³/mol. The van der Waals surface area contributed by atoms with Crippen LogP contribution in [0.15, 0.2) is 6.07 Å². The van der Waals surface area contributed by atoms with Crippen LogP contribution < -0.4 is 20.7 Å². The average Bonchev–Trinajstić information content (AvgIpc) is 3.11. The van der Waals surface area contributed by atoms with E-state index < -0.39 is 41.6 Å². The first kappa shape index (κ1) is 23.4. The normalized spacial score (nSPS) is 10.6. The molecule has 0 spiro atoms. The Labute approximate surface area is 174 Å². The number of carbonyl (C=O) groups is 2. The van der Waals surface area contributed by atoms with Gasteiger partial charge in [-0.1, -0.05) is 0 Å². The minimum Gasteiger partial charge on any atom is -0.471 e. The third kappa shape index (κ3) is 5.60. The van der Waals surface area contributed by atoms with Gasteiger partial charge in [-0.2, -0.15) is 4.37 Å². The van der Waals surface area contributed by atoms with Gasteiger partial charge in [0.1, 0.15) is 17.4 Å². The molecule has 0 aliphatic rings. The average molecular weight is 446 g/mol. The number of methoxy groups -OCH3 is 1. The first-order chi connectivity index (χ1) is 14.3. The summed E-state index contributed by atoms with van der Waals surface area (Å²) in [4.78, 5) is 24.1. The van der Waals surface area contributed by atoms with Crippen molar-refractivity contribution in [3.63, 3.8) is 0 Å². The number of rotatable bonds is 9. The summed E-state index contributed by atoms with van der Waals surface area (Å²) in [5.41, 5.74) is -1.06. The van der Waals surface area contributed by atoms with Gasteiger partial charge < -0.3 is 20.1 Å². The molecule has 2 rings (SSSR count). The van der Waals surface area contributed by atoms with Crippen LogP contribution in [0.4, 0.5) is 23.0 Å². The van der Waals surface area contributed by atoms with Crippen LogP contribution in [0.2, 0.25) is 0 Å². The summed E-state index contributed by atoms with van der Waals surface area (Å²) in [6.45, 7) is 1.60. The van der Waals surface area contributed by atoms with E-state index in [2.05, 4.69) is 25.1 Å². The molecule has 0 aliphatic carbocycles. The number of aryl methyl sites for hydroxylation is 1. The predicted octanol–water partition coefficient (Wildman–Crippen LogP) is 2.97. The van der Waals surface area contributed by atoms with E-state index in [1.165, 1.54) is 6.92 Å². The summed E-state index contributed by atoms with van der Waals surface area (Å²) in [6, 6.07) is 0.259. The first-order valence-electron chi connectivity index (χ1n) is 8.83. The monoisotopic (exact) mass is 446 g/mol. The van der Waals surface area contributed by atoms with E-state index >= 15 is 0 Å². The van der Waals surface area contributed by atoms with E-state index in [0.29, 0.717) is 19.5 Å². The van der Waals surface area contributed by atoms with E-state index in [9.17, 15) is 22.8 Å². The van der Waals surface area contributed by atoms with Crippen molar-refractivity contribution < 1.29 is 32.2 Å². The van der Waals surface area contributed by atoms with Gasteiger partial charge in [-0.3, -0.25) is 5.32 Å². The smallest absolute Gasteiger partial charge is 0.346 e. The van der Waals surface area contributed by atoms with Gasteiger partial charge in [0.15, 0.2) is 17.2 Å². The summed E-state index contributed by atoms with van der Waals surface area (Å²) < 4.78 is 55.5. The molecule has 2 amide bonds. The maximum absolute atomic E-state index is 14.0. The van der Waals surface area contributed by atoms with E-state index in [1.807, 2.05) is 0 Å². The Morgan fingerprint density at radius 3 is 2.60 bits per heavy atom. The molecule has 0 bridgehead atoms. The molecule has 0 fully saturated rings. The zero-order valence-corrected chi connectivity index (χ0v) is 17.3. The molecule has 8 nitrogen and oxygen atoms in total.